The van der Waals surface area contributed by atoms with E-state index < -0.39 is 24.6 Å². The van der Waals surface area contributed by atoms with E-state index in [1.54, 1.807) is 12.3 Å². The first-order valence-corrected chi connectivity index (χ1v) is 5.33. The molecule has 1 rings (SSSR count). The lowest BCUT2D eigenvalue weighted by atomic mass is 10.2. The maximum absolute atomic E-state index is 11.4. The van der Waals surface area contributed by atoms with Crippen LogP contribution in [-0.2, 0) is 11.3 Å². The van der Waals surface area contributed by atoms with Crippen LogP contribution in [0.3, 0.4) is 0 Å². The van der Waals surface area contributed by atoms with Gasteiger partial charge in [0, 0.05) is 6.20 Å². The Morgan fingerprint density at radius 2 is 2.22 bits per heavy atom. The number of hydrogen-bond acceptors (Lipinski definition) is 4. The van der Waals surface area contributed by atoms with Crippen molar-refractivity contribution < 1.29 is 19.8 Å². The lowest BCUT2D eigenvalue weighted by Crippen LogP contribution is -2.47. The van der Waals surface area contributed by atoms with Crippen molar-refractivity contribution in [3.63, 3.8) is 0 Å². The highest BCUT2D eigenvalue weighted by Crippen LogP contribution is 2.01. The molecule has 2 amide bonds. The highest BCUT2D eigenvalue weighted by atomic mass is 16.4. The Bertz CT molecular complexity index is 436. The summed E-state index contributed by atoms with van der Waals surface area (Å²) in [5, 5.41) is 22.0. The highest BCUT2D eigenvalue weighted by molar-refractivity contribution is 5.82. The summed E-state index contributed by atoms with van der Waals surface area (Å²) in [5.41, 5.74) is 1.62. The van der Waals surface area contributed by atoms with Crippen LogP contribution in [0.5, 0.6) is 0 Å². The second kappa shape index (κ2) is 6.55. The molecule has 0 saturated heterocycles. The van der Waals surface area contributed by atoms with Gasteiger partial charge in [-0.2, -0.15) is 0 Å². The molecule has 98 valence electrons. The van der Waals surface area contributed by atoms with Crippen LogP contribution in [0.15, 0.2) is 18.3 Å². The molecule has 0 radical (unpaired) electrons. The topological polar surface area (TPSA) is 112 Å². The van der Waals surface area contributed by atoms with Crippen molar-refractivity contribution in [3.8, 4) is 0 Å². The maximum Gasteiger partial charge on any atom is 0.328 e. The average Bonchev–Trinajstić information content (AvgIpc) is 2.34. The first kappa shape index (κ1) is 13.9. The molecule has 0 bridgehead atoms. The predicted molar refractivity (Wildman–Crippen MR) is 62.9 cm³/mol. The van der Waals surface area contributed by atoms with Gasteiger partial charge in [-0.05, 0) is 18.6 Å². The number of rotatable bonds is 5. The Morgan fingerprint density at radius 3 is 2.78 bits per heavy atom. The zero-order valence-electron chi connectivity index (χ0n) is 9.88. The minimum absolute atomic E-state index is 0.191. The van der Waals surface area contributed by atoms with E-state index in [4.69, 9.17) is 10.2 Å². The number of carbonyl (C=O) groups excluding carboxylic acids is 1. The molecule has 7 heteroatoms. The van der Waals surface area contributed by atoms with Gasteiger partial charge in [-0.15, -0.1) is 0 Å². The number of urea groups is 1. The number of nitrogens with one attached hydrogen (secondary N) is 2. The molecule has 0 aliphatic heterocycles. The number of aliphatic carboxylic acids is 1. The van der Waals surface area contributed by atoms with E-state index in [9.17, 15) is 9.59 Å². The second-order valence-electron chi connectivity index (χ2n) is 3.67. The molecular formula is C11H15N3O4. The van der Waals surface area contributed by atoms with Crippen molar-refractivity contribution in [2.75, 3.05) is 6.61 Å². The summed E-state index contributed by atoms with van der Waals surface area (Å²) >= 11 is 0. The smallest absolute Gasteiger partial charge is 0.328 e. The molecular weight excluding hydrogens is 238 g/mol. The zero-order valence-corrected chi connectivity index (χ0v) is 9.88. The number of amides is 2. The summed E-state index contributed by atoms with van der Waals surface area (Å²) in [4.78, 5) is 26.0. The Hall–Kier alpha value is -2.15. The average molecular weight is 253 g/mol. The van der Waals surface area contributed by atoms with E-state index in [-0.39, 0.29) is 6.54 Å². The number of aryl methyl sites for hydroxylation is 1. The number of carbonyl (C=O) groups is 2. The molecule has 7 nitrogen and oxygen atoms in total. The summed E-state index contributed by atoms with van der Waals surface area (Å²) < 4.78 is 0. The number of aliphatic hydroxyl groups excluding tert-OH is 1. The fraction of sp³-hybridized carbons (Fsp3) is 0.364. The molecule has 18 heavy (non-hydrogen) atoms. The Labute approximate surface area is 104 Å². The second-order valence-corrected chi connectivity index (χ2v) is 3.67. The third-order valence-corrected chi connectivity index (χ3v) is 2.32. The largest absolute Gasteiger partial charge is 0.480 e. The molecule has 0 fully saturated rings. The molecule has 0 saturated carbocycles. The number of hydrogen-bond donors (Lipinski definition) is 4. The summed E-state index contributed by atoms with van der Waals surface area (Å²) in [6, 6.07) is 1.66. The van der Waals surface area contributed by atoms with Crippen LogP contribution in [0.25, 0.3) is 0 Å². The van der Waals surface area contributed by atoms with Crippen molar-refractivity contribution >= 4 is 12.0 Å². The lowest BCUT2D eigenvalue weighted by molar-refractivity contribution is -0.140. The van der Waals surface area contributed by atoms with Crippen LogP contribution >= 0.6 is 0 Å². The quantitative estimate of drug-likeness (QED) is 0.572. The molecule has 1 aromatic rings. The van der Waals surface area contributed by atoms with Crippen LogP contribution in [0.2, 0.25) is 0 Å². The molecule has 0 unspecified atom stereocenters. The van der Waals surface area contributed by atoms with Gasteiger partial charge in [-0.25, -0.2) is 9.59 Å². The fourth-order valence-corrected chi connectivity index (χ4v) is 1.26. The molecule has 1 atom stereocenters. The standard InChI is InChI=1S/C11H15N3O4/c1-7-3-2-4-12-8(7)5-13-11(18)14-9(6-15)10(16)17/h2-4,9,15H,5-6H2,1H3,(H,16,17)(H2,13,14,18)/t9-/m1/s1. The molecule has 1 aromatic heterocycles. The van der Waals surface area contributed by atoms with Gasteiger partial charge in [0.2, 0.25) is 0 Å². The monoisotopic (exact) mass is 253 g/mol. The van der Waals surface area contributed by atoms with Crippen LogP contribution in [0.1, 0.15) is 11.3 Å². The van der Waals surface area contributed by atoms with Gasteiger partial charge in [-0.1, -0.05) is 6.07 Å². The van der Waals surface area contributed by atoms with E-state index in [1.807, 2.05) is 13.0 Å². The van der Waals surface area contributed by atoms with Gasteiger partial charge < -0.3 is 20.8 Å². The van der Waals surface area contributed by atoms with Crippen molar-refractivity contribution in [1.82, 2.24) is 15.6 Å². The van der Waals surface area contributed by atoms with Gasteiger partial charge in [0.15, 0.2) is 6.04 Å². The molecule has 4 N–H and O–H groups in total. The van der Waals surface area contributed by atoms with Crippen molar-refractivity contribution in [2.24, 2.45) is 0 Å². The van der Waals surface area contributed by atoms with Crippen molar-refractivity contribution in [3.05, 3.63) is 29.6 Å². The van der Waals surface area contributed by atoms with E-state index in [2.05, 4.69) is 15.6 Å². The number of pyridine rings is 1. The van der Waals surface area contributed by atoms with Gasteiger partial charge >= 0.3 is 12.0 Å². The van der Waals surface area contributed by atoms with Gasteiger partial charge in [0.25, 0.3) is 0 Å². The Morgan fingerprint density at radius 1 is 1.50 bits per heavy atom. The van der Waals surface area contributed by atoms with E-state index in [0.29, 0.717) is 5.69 Å². The summed E-state index contributed by atoms with van der Waals surface area (Å²) in [5.74, 6) is -1.29. The molecule has 0 spiro atoms. The number of aromatic nitrogens is 1. The predicted octanol–water partition coefficient (Wildman–Crippen LogP) is -0.365. The van der Waals surface area contributed by atoms with E-state index in [0.717, 1.165) is 5.56 Å². The van der Waals surface area contributed by atoms with E-state index >= 15 is 0 Å². The van der Waals surface area contributed by atoms with Crippen LogP contribution in [0.4, 0.5) is 4.79 Å². The number of nitrogens with zero attached hydrogens (tertiary/aromatic N) is 1. The first-order chi connectivity index (χ1) is 8.54. The first-order valence-electron chi connectivity index (χ1n) is 5.33. The SMILES string of the molecule is Cc1cccnc1CNC(=O)N[C@H](CO)C(=O)O. The number of aliphatic hydroxyl groups is 1. The van der Waals surface area contributed by atoms with Crippen molar-refractivity contribution in [1.29, 1.82) is 0 Å². The highest BCUT2D eigenvalue weighted by Gasteiger charge is 2.18. The van der Waals surface area contributed by atoms with Gasteiger partial charge in [-0.3, -0.25) is 4.98 Å². The van der Waals surface area contributed by atoms with Gasteiger partial charge in [0.05, 0.1) is 18.8 Å². The minimum Gasteiger partial charge on any atom is -0.480 e. The molecule has 0 aliphatic carbocycles. The third kappa shape index (κ3) is 4.02. The lowest BCUT2D eigenvalue weighted by Gasteiger charge is -2.12. The normalized spacial score (nSPS) is 11.7. The number of carboxylic acid groups (broad SMARTS) is 1. The molecule has 0 aromatic carbocycles. The maximum atomic E-state index is 11.4. The van der Waals surface area contributed by atoms with Crippen molar-refractivity contribution in [2.45, 2.75) is 19.5 Å². The Balaban J connectivity index is 2.47. The Kier molecular flexibility index (Phi) is 5.06. The van der Waals surface area contributed by atoms with Gasteiger partial charge in [0.1, 0.15) is 0 Å². The summed E-state index contributed by atoms with van der Waals surface area (Å²) in [6.45, 7) is 1.39. The number of carboxylic acids is 1. The minimum atomic E-state index is -1.31. The summed E-state index contributed by atoms with van der Waals surface area (Å²) in [7, 11) is 0. The molecule has 0 aliphatic rings. The molecule has 1 heterocycles. The summed E-state index contributed by atoms with van der Waals surface area (Å²) in [6.07, 6.45) is 1.61. The van der Waals surface area contributed by atoms with Crippen LogP contribution in [0, 0.1) is 6.92 Å². The fourth-order valence-electron chi connectivity index (χ4n) is 1.26. The zero-order chi connectivity index (χ0) is 13.5. The van der Waals surface area contributed by atoms with Crippen LogP contribution in [-0.4, -0.2) is 39.8 Å². The van der Waals surface area contributed by atoms with E-state index in [1.165, 1.54) is 0 Å². The third-order valence-electron chi connectivity index (χ3n) is 2.32. The van der Waals surface area contributed by atoms with Crippen LogP contribution < -0.4 is 10.6 Å².